The van der Waals surface area contributed by atoms with Crippen LogP contribution >= 0.6 is 0 Å². The molecule has 2 amide bonds. The van der Waals surface area contributed by atoms with Crippen molar-refractivity contribution in [2.45, 2.75) is 64.0 Å². The van der Waals surface area contributed by atoms with E-state index in [9.17, 15) is 24.9 Å². The molecule has 0 saturated carbocycles. The van der Waals surface area contributed by atoms with Crippen LogP contribution in [0, 0.1) is 23.2 Å². The second-order valence-corrected chi connectivity index (χ2v) is 12.4. The van der Waals surface area contributed by atoms with Gasteiger partial charge in [0.05, 0.1) is 24.3 Å². The molecular formula is C30H44BN5O6. The lowest BCUT2D eigenvalue weighted by Crippen LogP contribution is -2.54. The van der Waals surface area contributed by atoms with Crippen LogP contribution in [0.4, 0.5) is 4.79 Å². The maximum absolute atomic E-state index is 13.6. The Morgan fingerprint density at radius 3 is 2.62 bits per heavy atom. The zero-order valence-electron chi connectivity index (χ0n) is 25.2. The average molecular weight is 582 g/mol. The van der Waals surface area contributed by atoms with Crippen LogP contribution in [0.15, 0.2) is 34.9 Å². The van der Waals surface area contributed by atoms with E-state index in [1.807, 2.05) is 31.2 Å². The zero-order chi connectivity index (χ0) is 30.4. The summed E-state index contributed by atoms with van der Waals surface area (Å²) in [5.41, 5.74) is 1.25. The monoisotopic (exact) mass is 581 g/mol. The van der Waals surface area contributed by atoms with E-state index in [1.54, 1.807) is 4.90 Å². The van der Waals surface area contributed by atoms with Gasteiger partial charge in [-0.05, 0) is 64.1 Å². The van der Waals surface area contributed by atoms with Gasteiger partial charge in [0, 0.05) is 43.6 Å². The van der Waals surface area contributed by atoms with Crippen molar-refractivity contribution in [3.63, 3.8) is 0 Å². The number of nitriles is 1. The summed E-state index contributed by atoms with van der Waals surface area (Å²) in [5, 5.41) is 33.2. The largest absolute Gasteiger partial charge is 0.475 e. The summed E-state index contributed by atoms with van der Waals surface area (Å²) in [6, 6.07) is 9.30. The number of para-hydroxylation sites is 1. The van der Waals surface area contributed by atoms with Crippen LogP contribution in [0.5, 0.6) is 0 Å². The summed E-state index contributed by atoms with van der Waals surface area (Å²) in [7, 11) is 0.303. The maximum atomic E-state index is 13.6. The average Bonchev–Trinajstić information content (AvgIpc) is 3.59. The molecule has 1 aromatic heterocycles. The SMILES string of the molecule is CC(CC(C)(C)N1CCN(C)CC1)C(C#N)C(=O)N1CCC[C@@H]1COC(=O)N[C@@H](Cc1coc2ccccc12)B(O)O. The Morgan fingerprint density at radius 1 is 1.21 bits per heavy atom. The molecule has 228 valence electrons. The number of amides is 2. The third-order valence-corrected chi connectivity index (χ3v) is 8.89. The number of alkyl carbamates (subject to hydrolysis) is 1. The van der Waals surface area contributed by atoms with Gasteiger partial charge in [-0.15, -0.1) is 0 Å². The number of ether oxygens (including phenoxy) is 1. The minimum absolute atomic E-state index is 0.0419. The Kier molecular flexibility index (Phi) is 10.5. The van der Waals surface area contributed by atoms with Gasteiger partial charge in [0.1, 0.15) is 18.1 Å². The lowest BCUT2D eigenvalue weighted by Gasteiger charge is -2.45. The second kappa shape index (κ2) is 13.9. The summed E-state index contributed by atoms with van der Waals surface area (Å²) in [6.07, 6.45) is 2.99. The molecule has 2 aromatic rings. The van der Waals surface area contributed by atoms with E-state index >= 15 is 0 Å². The van der Waals surface area contributed by atoms with Gasteiger partial charge < -0.3 is 34.3 Å². The van der Waals surface area contributed by atoms with Crippen molar-refractivity contribution < 1.29 is 28.8 Å². The van der Waals surface area contributed by atoms with Gasteiger partial charge in [0.2, 0.25) is 5.91 Å². The predicted molar refractivity (Wildman–Crippen MR) is 159 cm³/mol. The highest BCUT2D eigenvalue weighted by Gasteiger charge is 2.39. The number of nitrogens with one attached hydrogen (secondary N) is 1. The number of carbonyl (C=O) groups is 2. The minimum atomic E-state index is -1.82. The van der Waals surface area contributed by atoms with Gasteiger partial charge in [-0.25, -0.2) is 4.79 Å². The van der Waals surface area contributed by atoms with Crippen LogP contribution in [0.3, 0.4) is 0 Å². The van der Waals surface area contributed by atoms with Gasteiger partial charge >= 0.3 is 13.2 Å². The number of carbonyl (C=O) groups excluding carboxylic acids is 2. The van der Waals surface area contributed by atoms with Crippen molar-refractivity contribution in [1.82, 2.24) is 20.0 Å². The number of hydrogen-bond acceptors (Lipinski definition) is 9. The first-order valence-electron chi connectivity index (χ1n) is 14.9. The van der Waals surface area contributed by atoms with Crippen molar-refractivity contribution >= 4 is 30.1 Å². The molecule has 2 aliphatic heterocycles. The molecule has 0 aliphatic carbocycles. The number of nitrogens with zero attached hydrogens (tertiary/aromatic N) is 4. The number of fused-ring (bicyclic) bond motifs is 1. The number of likely N-dealkylation sites (N-methyl/N-ethyl adjacent to an activating group) is 1. The molecule has 2 aliphatic rings. The fourth-order valence-electron chi connectivity index (χ4n) is 6.37. The van der Waals surface area contributed by atoms with E-state index in [0.29, 0.717) is 18.5 Å². The number of likely N-dealkylation sites (tertiary alicyclic amines) is 1. The molecule has 12 heteroatoms. The van der Waals surface area contributed by atoms with E-state index in [0.717, 1.165) is 50.0 Å². The maximum Gasteiger partial charge on any atom is 0.475 e. The first kappa shape index (κ1) is 31.8. The fourth-order valence-corrected chi connectivity index (χ4v) is 6.37. The van der Waals surface area contributed by atoms with E-state index in [4.69, 9.17) is 9.15 Å². The van der Waals surface area contributed by atoms with Crippen LogP contribution in [-0.4, -0.2) is 108 Å². The van der Waals surface area contributed by atoms with Crippen molar-refractivity contribution in [1.29, 1.82) is 5.26 Å². The molecule has 4 atom stereocenters. The van der Waals surface area contributed by atoms with E-state index in [2.05, 4.69) is 42.1 Å². The lowest BCUT2D eigenvalue weighted by atomic mass is 9.76. The minimum Gasteiger partial charge on any atom is -0.464 e. The third-order valence-electron chi connectivity index (χ3n) is 8.89. The first-order valence-corrected chi connectivity index (χ1v) is 14.9. The summed E-state index contributed by atoms with van der Waals surface area (Å²) in [5.74, 6) is -2.17. The standard InChI is InChI=1S/C30H44BN5O6/c1-21(17-30(2,3)35-14-12-34(4)13-15-35)25(18-32)28(37)36-11-7-8-23(36)20-42-29(38)33-27(31(39)40)16-22-19-41-26-10-6-5-9-24(22)26/h5-6,9-10,19,21,23,25,27,39-40H,7-8,11-17,20H2,1-4H3,(H,33,38)/t21?,23-,25?,27+/m1/s1. The highest BCUT2D eigenvalue weighted by molar-refractivity contribution is 6.43. The fraction of sp³-hybridized carbons (Fsp3) is 0.633. The Balaban J connectivity index is 1.31. The molecule has 11 nitrogen and oxygen atoms in total. The van der Waals surface area contributed by atoms with Gasteiger partial charge in [0.25, 0.3) is 0 Å². The Morgan fingerprint density at radius 2 is 1.93 bits per heavy atom. The molecule has 0 bridgehead atoms. The molecule has 2 saturated heterocycles. The van der Waals surface area contributed by atoms with Crippen molar-refractivity contribution in [3.05, 3.63) is 36.1 Å². The topological polar surface area (TPSA) is 143 Å². The molecular weight excluding hydrogens is 537 g/mol. The molecule has 3 N–H and O–H groups in total. The number of hydrogen-bond donors (Lipinski definition) is 3. The zero-order valence-corrected chi connectivity index (χ0v) is 25.2. The van der Waals surface area contributed by atoms with Crippen molar-refractivity contribution in [2.24, 2.45) is 11.8 Å². The first-order chi connectivity index (χ1) is 20.0. The summed E-state index contributed by atoms with van der Waals surface area (Å²) < 4.78 is 11.0. The van der Waals surface area contributed by atoms with Gasteiger partial charge in [-0.2, -0.15) is 5.26 Å². The number of piperazine rings is 1. The van der Waals surface area contributed by atoms with Crippen LogP contribution in [0.1, 0.15) is 45.6 Å². The van der Waals surface area contributed by atoms with Crippen LogP contribution < -0.4 is 5.32 Å². The quantitative estimate of drug-likeness (QED) is 0.341. The summed E-state index contributed by atoms with van der Waals surface area (Å²) in [4.78, 5) is 32.7. The van der Waals surface area contributed by atoms with E-state index in [1.165, 1.54) is 6.26 Å². The number of furan rings is 1. The Hall–Kier alpha value is -3.11. The van der Waals surface area contributed by atoms with E-state index in [-0.39, 0.29) is 36.4 Å². The second-order valence-electron chi connectivity index (χ2n) is 12.4. The molecule has 1 aromatic carbocycles. The van der Waals surface area contributed by atoms with E-state index < -0.39 is 25.1 Å². The van der Waals surface area contributed by atoms with Crippen LogP contribution in [0.25, 0.3) is 11.0 Å². The molecule has 0 radical (unpaired) electrons. The number of rotatable bonds is 11. The lowest BCUT2D eigenvalue weighted by molar-refractivity contribution is -0.137. The summed E-state index contributed by atoms with van der Waals surface area (Å²) in [6.45, 7) is 10.7. The van der Waals surface area contributed by atoms with Crippen molar-refractivity contribution in [3.8, 4) is 6.07 Å². The highest BCUT2D eigenvalue weighted by Crippen LogP contribution is 2.31. The smallest absolute Gasteiger partial charge is 0.464 e. The Labute approximate surface area is 248 Å². The summed E-state index contributed by atoms with van der Waals surface area (Å²) >= 11 is 0. The van der Waals surface area contributed by atoms with Gasteiger partial charge in [-0.3, -0.25) is 9.69 Å². The highest BCUT2D eigenvalue weighted by atomic mass is 16.5. The molecule has 0 spiro atoms. The third kappa shape index (κ3) is 7.64. The Bertz CT molecular complexity index is 1250. The predicted octanol–water partition coefficient (Wildman–Crippen LogP) is 2.27. The normalized spacial score (nSPS) is 20.6. The van der Waals surface area contributed by atoms with Gasteiger partial charge in [0.15, 0.2) is 0 Å². The van der Waals surface area contributed by atoms with Crippen LogP contribution in [-0.2, 0) is 16.0 Å². The molecule has 2 unspecified atom stereocenters. The van der Waals surface area contributed by atoms with Gasteiger partial charge in [-0.1, -0.05) is 25.1 Å². The van der Waals surface area contributed by atoms with Crippen molar-refractivity contribution in [2.75, 3.05) is 46.4 Å². The molecule has 4 rings (SSSR count). The number of benzene rings is 1. The molecule has 2 fully saturated rings. The van der Waals surface area contributed by atoms with Crippen LogP contribution in [0.2, 0.25) is 0 Å². The molecule has 3 heterocycles. The molecule has 42 heavy (non-hydrogen) atoms.